The Labute approximate surface area is 118 Å². The highest BCUT2D eigenvalue weighted by Crippen LogP contribution is 2.23. The van der Waals surface area contributed by atoms with E-state index in [4.69, 9.17) is 0 Å². The van der Waals surface area contributed by atoms with Crippen molar-refractivity contribution >= 4 is 33.5 Å². The van der Waals surface area contributed by atoms with Crippen LogP contribution in [-0.4, -0.2) is 26.2 Å². The summed E-state index contributed by atoms with van der Waals surface area (Å²) in [7, 11) is 0. The normalized spacial score (nSPS) is 12.4. The lowest BCUT2D eigenvalue weighted by atomic mass is 10.1. The molecule has 1 aromatic carbocycles. The van der Waals surface area contributed by atoms with Gasteiger partial charge in [-0.15, -0.1) is 5.10 Å². The second-order valence-electron chi connectivity index (χ2n) is 3.83. The van der Waals surface area contributed by atoms with E-state index in [1.807, 2.05) is 38.1 Å². The number of rotatable bonds is 4. The molecule has 1 aromatic heterocycles. The molecule has 1 unspecified atom stereocenters. The third kappa shape index (κ3) is 3.20. The number of nitrogens with one attached hydrogen (secondary N) is 1. The molecule has 0 spiro atoms. The molecular weight excluding hydrogens is 314 g/mol. The number of H-pyrrole nitrogens is 1. The fraction of sp³-hybridized carbons (Fsp3) is 0.250. The van der Waals surface area contributed by atoms with Gasteiger partial charge in [0.15, 0.2) is 5.78 Å². The van der Waals surface area contributed by atoms with Crippen LogP contribution in [-0.2, 0) is 0 Å². The van der Waals surface area contributed by atoms with Gasteiger partial charge in [0.05, 0.1) is 5.25 Å². The van der Waals surface area contributed by atoms with E-state index in [1.54, 1.807) is 0 Å². The fourth-order valence-electron chi connectivity index (χ4n) is 1.44. The van der Waals surface area contributed by atoms with Crippen molar-refractivity contribution in [3.63, 3.8) is 0 Å². The molecule has 0 aliphatic heterocycles. The van der Waals surface area contributed by atoms with Crippen molar-refractivity contribution in [1.82, 2.24) is 15.2 Å². The Kier molecular flexibility index (Phi) is 4.19. The van der Waals surface area contributed by atoms with E-state index < -0.39 is 0 Å². The van der Waals surface area contributed by atoms with Gasteiger partial charge in [0.25, 0.3) is 0 Å². The van der Waals surface area contributed by atoms with Gasteiger partial charge in [-0.3, -0.25) is 9.89 Å². The van der Waals surface area contributed by atoms with Crippen LogP contribution in [0.2, 0.25) is 0 Å². The Morgan fingerprint density at radius 2 is 2.06 bits per heavy atom. The van der Waals surface area contributed by atoms with E-state index in [9.17, 15) is 4.79 Å². The van der Waals surface area contributed by atoms with E-state index in [-0.39, 0.29) is 11.0 Å². The number of thioether (sulfide) groups is 1. The van der Waals surface area contributed by atoms with Gasteiger partial charge >= 0.3 is 0 Å². The van der Waals surface area contributed by atoms with E-state index in [0.29, 0.717) is 10.7 Å². The summed E-state index contributed by atoms with van der Waals surface area (Å²) in [6, 6.07) is 7.35. The second kappa shape index (κ2) is 5.67. The minimum absolute atomic E-state index is 0.0787. The molecule has 0 bridgehead atoms. The largest absolute Gasteiger partial charge is 0.293 e. The summed E-state index contributed by atoms with van der Waals surface area (Å²) in [4.78, 5) is 16.3. The Morgan fingerprint density at radius 3 is 2.61 bits per heavy atom. The highest BCUT2D eigenvalue weighted by Gasteiger charge is 2.18. The van der Waals surface area contributed by atoms with Crippen molar-refractivity contribution in [2.24, 2.45) is 0 Å². The zero-order valence-corrected chi connectivity index (χ0v) is 12.4. The number of carbonyl (C=O) groups excluding carboxylic acids is 1. The standard InChI is InChI=1S/C12H12BrN3OS/c1-7(18-12-14-8(2)15-16-12)11(17)9-3-5-10(13)6-4-9/h3-7H,1-2H3,(H,14,15,16). The number of ketones is 1. The molecule has 0 fully saturated rings. The van der Waals surface area contributed by atoms with E-state index in [1.165, 1.54) is 11.8 Å². The Hall–Kier alpha value is -1.14. The molecule has 0 aliphatic carbocycles. The second-order valence-corrected chi connectivity index (χ2v) is 6.06. The predicted molar refractivity (Wildman–Crippen MR) is 74.9 cm³/mol. The molecule has 18 heavy (non-hydrogen) atoms. The summed E-state index contributed by atoms with van der Waals surface area (Å²) in [5.74, 6) is 0.829. The molecule has 0 radical (unpaired) electrons. The number of aromatic amines is 1. The summed E-state index contributed by atoms with van der Waals surface area (Å²) in [6.07, 6.45) is 0. The van der Waals surface area contributed by atoms with Crippen LogP contribution in [0.25, 0.3) is 0 Å². The molecule has 6 heteroatoms. The molecule has 1 N–H and O–H groups in total. The van der Waals surface area contributed by atoms with Crippen molar-refractivity contribution in [2.75, 3.05) is 0 Å². The zero-order valence-electron chi connectivity index (χ0n) is 9.98. The topological polar surface area (TPSA) is 58.6 Å². The number of carbonyl (C=O) groups is 1. The lowest BCUT2D eigenvalue weighted by Crippen LogP contribution is -2.13. The van der Waals surface area contributed by atoms with Crippen LogP contribution in [0.15, 0.2) is 33.9 Å². The van der Waals surface area contributed by atoms with Crippen molar-refractivity contribution < 1.29 is 4.79 Å². The van der Waals surface area contributed by atoms with Crippen LogP contribution in [0.5, 0.6) is 0 Å². The van der Waals surface area contributed by atoms with Crippen molar-refractivity contribution in [2.45, 2.75) is 24.3 Å². The molecule has 4 nitrogen and oxygen atoms in total. The number of Topliss-reactive ketones (excluding diaryl/α,β-unsaturated/α-hetero) is 1. The monoisotopic (exact) mass is 325 g/mol. The minimum atomic E-state index is -0.207. The minimum Gasteiger partial charge on any atom is -0.293 e. The van der Waals surface area contributed by atoms with Gasteiger partial charge < -0.3 is 0 Å². The Balaban J connectivity index is 2.07. The van der Waals surface area contributed by atoms with Crippen LogP contribution in [0.3, 0.4) is 0 Å². The highest BCUT2D eigenvalue weighted by molar-refractivity contribution is 9.10. The average molecular weight is 326 g/mol. The molecule has 1 atom stereocenters. The van der Waals surface area contributed by atoms with Crippen LogP contribution >= 0.6 is 27.7 Å². The maximum absolute atomic E-state index is 12.2. The summed E-state index contributed by atoms with van der Waals surface area (Å²) in [5.41, 5.74) is 0.699. The molecule has 2 aromatic rings. The molecule has 1 heterocycles. The number of halogens is 1. The summed E-state index contributed by atoms with van der Waals surface area (Å²) < 4.78 is 0.962. The van der Waals surface area contributed by atoms with E-state index in [0.717, 1.165) is 10.3 Å². The third-order valence-electron chi connectivity index (χ3n) is 2.36. The summed E-state index contributed by atoms with van der Waals surface area (Å²) >= 11 is 4.70. The van der Waals surface area contributed by atoms with Gasteiger partial charge in [-0.1, -0.05) is 39.8 Å². The number of aromatic nitrogens is 3. The number of hydrogen-bond acceptors (Lipinski definition) is 4. The van der Waals surface area contributed by atoms with Gasteiger partial charge in [0, 0.05) is 10.0 Å². The molecular formula is C12H12BrN3OS. The Morgan fingerprint density at radius 1 is 1.39 bits per heavy atom. The van der Waals surface area contributed by atoms with Crippen molar-refractivity contribution in [3.8, 4) is 0 Å². The van der Waals surface area contributed by atoms with Crippen LogP contribution < -0.4 is 0 Å². The van der Waals surface area contributed by atoms with Crippen LogP contribution in [0, 0.1) is 6.92 Å². The fourth-order valence-corrected chi connectivity index (χ4v) is 2.55. The molecule has 0 saturated heterocycles. The van der Waals surface area contributed by atoms with Crippen molar-refractivity contribution in [3.05, 3.63) is 40.1 Å². The first-order valence-electron chi connectivity index (χ1n) is 5.41. The van der Waals surface area contributed by atoms with Gasteiger partial charge in [-0.25, -0.2) is 4.98 Å². The SMILES string of the molecule is Cc1nc(SC(C)C(=O)c2ccc(Br)cc2)n[nH]1. The molecule has 0 aliphatic rings. The predicted octanol–water partition coefficient (Wildman–Crippen LogP) is 3.24. The van der Waals surface area contributed by atoms with Crippen molar-refractivity contribution in [1.29, 1.82) is 0 Å². The molecule has 0 amide bonds. The Bertz CT molecular complexity index is 553. The molecule has 2 rings (SSSR count). The van der Waals surface area contributed by atoms with Gasteiger partial charge in [-0.2, -0.15) is 0 Å². The van der Waals surface area contributed by atoms with E-state index >= 15 is 0 Å². The first-order valence-corrected chi connectivity index (χ1v) is 7.09. The number of hydrogen-bond donors (Lipinski definition) is 1. The lowest BCUT2D eigenvalue weighted by molar-refractivity contribution is 0.0994. The van der Waals surface area contributed by atoms with Crippen LogP contribution in [0.4, 0.5) is 0 Å². The van der Waals surface area contributed by atoms with Crippen LogP contribution in [0.1, 0.15) is 23.1 Å². The zero-order chi connectivity index (χ0) is 13.1. The molecule has 0 saturated carbocycles. The first-order chi connectivity index (χ1) is 8.56. The van der Waals surface area contributed by atoms with E-state index in [2.05, 4.69) is 31.1 Å². The smallest absolute Gasteiger partial charge is 0.209 e. The first kappa shape index (κ1) is 13.3. The molecule has 94 valence electrons. The van der Waals surface area contributed by atoms with Gasteiger partial charge in [-0.05, 0) is 26.0 Å². The van der Waals surface area contributed by atoms with Gasteiger partial charge in [0.2, 0.25) is 5.16 Å². The average Bonchev–Trinajstić information content (AvgIpc) is 2.75. The maximum atomic E-state index is 12.2. The number of nitrogens with zero attached hydrogens (tertiary/aromatic N) is 2. The lowest BCUT2D eigenvalue weighted by Gasteiger charge is -2.07. The number of aryl methyl sites for hydroxylation is 1. The highest BCUT2D eigenvalue weighted by atomic mass is 79.9. The summed E-state index contributed by atoms with van der Waals surface area (Å²) in [5, 5.41) is 7.17. The quantitative estimate of drug-likeness (QED) is 0.692. The van der Waals surface area contributed by atoms with Gasteiger partial charge in [0.1, 0.15) is 5.82 Å². The number of benzene rings is 1. The third-order valence-corrected chi connectivity index (χ3v) is 3.85. The maximum Gasteiger partial charge on any atom is 0.209 e. The summed E-state index contributed by atoms with van der Waals surface area (Å²) in [6.45, 7) is 3.69.